The van der Waals surface area contributed by atoms with E-state index in [0.717, 1.165) is 19.3 Å². The molecule has 0 aliphatic heterocycles. The quantitative estimate of drug-likeness (QED) is 0.720. The summed E-state index contributed by atoms with van der Waals surface area (Å²) in [5.41, 5.74) is 5.24. The maximum Gasteiger partial charge on any atom is 0.222 e. The highest BCUT2D eigenvalue weighted by atomic mass is 16.3. The molecular formula is C12H17N5O. The molecule has 4 N–H and O–H groups in total. The van der Waals surface area contributed by atoms with Crippen LogP contribution < -0.4 is 11.1 Å². The molecule has 1 aromatic heterocycles. The van der Waals surface area contributed by atoms with E-state index in [1.165, 1.54) is 6.20 Å². The molecule has 96 valence electrons. The number of nitriles is 1. The Morgan fingerprint density at radius 3 is 3.11 bits per heavy atom. The van der Waals surface area contributed by atoms with Crippen LogP contribution in [-0.4, -0.2) is 26.7 Å². The topological polar surface area (TPSA) is 108 Å². The Morgan fingerprint density at radius 1 is 1.67 bits per heavy atom. The predicted molar refractivity (Wildman–Crippen MR) is 67.7 cm³/mol. The lowest BCUT2D eigenvalue weighted by Crippen LogP contribution is -2.38. The maximum absolute atomic E-state index is 10.0. The van der Waals surface area contributed by atoms with Crippen molar-refractivity contribution in [2.45, 2.75) is 44.2 Å². The molecule has 0 saturated heterocycles. The molecule has 1 heterocycles. The van der Waals surface area contributed by atoms with Crippen LogP contribution in [0.2, 0.25) is 0 Å². The van der Waals surface area contributed by atoms with E-state index in [0.29, 0.717) is 17.8 Å². The fourth-order valence-corrected chi connectivity index (χ4v) is 2.37. The van der Waals surface area contributed by atoms with Crippen molar-refractivity contribution in [2.24, 2.45) is 0 Å². The van der Waals surface area contributed by atoms with Crippen molar-refractivity contribution in [1.29, 1.82) is 5.26 Å². The fourth-order valence-electron chi connectivity index (χ4n) is 2.37. The molecule has 18 heavy (non-hydrogen) atoms. The molecule has 0 amide bonds. The molecule has 1 aliphatic carbocycles. The highest BCUT2D eigenvalue weighted by Gasteiger charge is 2.30. The van der Waals surface area contributed by atoms with Crippen LogP contribution in [0.1, 0.15) is 38.2 Å². The number of hydrogen-bond donors (Lipinski definition) is 3. The van der Waals surface area contributed by atoms with E-state index in [1.54, 1.807) is 0 Å². The van der Waals surface area contributed by atoms with Crippen molar-refractivity contribution in [3.63, 3.8) is 0 Å². The third-order valence-electron chi connectivity index (χ3n) is 3.22. The lowest BCUT2D eigenvalue weighted by atomic mass is 9.83. The normalized spacial score (nSPS) is 27.5. The van der Waals surface area contributed by atoms with Crippen molar-refractivity contribution in [3.8, 4) is 6.07 Å². The number of hydrogen-bond acceptors (Lipinski definition) is 6. The lowest BCUT2D eigenvalue weighted by molar-refractivity contribution is 0.0182. The first-order valence-electron chi connectivity index (χ1n) is 6.02. The highest BCUT2D eigenvalue weighted by Crippen LogP contribution is 2.29. The summed E-state index contributed by atoms with van der Waals surface area (Å²) in [6.07, 6.45) is 4.76. The molecule has 2 atom stereocenters. The van der Waals surface area contributed by atoms with Gasteiger partial charge in [0.15, 0.2) is 0 Å². The van der Waals surface area contributed by atoms with Gasteiger partial charge in [0.2, 0.25) is 5.95 Å². The van der Waals surface area contributed by atoms with Gasteiger partial charge in [-0.15, -0.1) is 0 Å². The Labute approximate surface area is 106 Å². The zero-order valence-corrected chi connectivity index (χ0v) is 10.3. The average molecular weight is 247 g/mol. The van der Waals surface area contributed by atoms with Gasteiger partial charge in [-0.3, -0.25) is 0 Å². The highest BCUT2D eigenvalue weighted by molar-refractivity contribution is 5.53. The van der Waals surface area contributed by atoms with E-state index in [2.05, 4.69) is 15.3 Å². The number of anilines is 2. The lowest BCUT2D eigenvalue weighted by Gasteiger charge is -2.34. The Kier molecular flexibility index (Phi) is 3.34. The van der Waals surface area contributed by atoms with Gasteiger partial charge in [0.1, 0.15) is 17.5 Å². The molecule has 0 aromatic carbocycles. The van der Waals surface area contributed by atoms with Crippen LogP contribution in [0, 0.1) is 11.3 Å². The molecule has 1 aliphatic rings. The Bertz CT molecular complexity index is 480. The van der Waals surface area contributed by atoms with Crippen molar-refractivity contribution in [2.75, 3.05) is 11.1 Å². The summed E-state index contributed by atoms with van der Waals surface area (Å²) < 4.78 is 0. The van der Waals surface area contributed by atoms with Crippen molar-refractivity contribution in [3.05, 3.63) is 11.8 Å². The monoisotopic (exact) mass is 247 g/mol. The molecule has 0 radical (unpaired) electrons. The first-order valence-corrected chi connectivity index (χ1v) is 6.02. The Morgan fingerprint density at radius 2 is 2.44 bits per heavy atom. The number of aromatic nitrogens is 2. The molecule has 2 rings (SSSR count). The largest absolute Gasteiger partial charge is 0.390 e. The van der Waals surface area contributed by atoms with E-state index in [4.69, 9.17) is 11.0 Å². The molecule has 0 bridgehead atoms. The molecular weight excluding hydrogens is 230 g/mol. The summed E-state index contributed by atoms with van der Waals surface area (Å²) in [5.74, 6) is 0.590. The number of nitrogens with zero attached hydrogens (tertiary/aromatic N) is 3. The first-order chi connectivity index (χ1) is 8.50. The molecule has 0 spiro atoms. The van der Waals surface area contributed by atoms with Crippen molar-refractivity contribution < 1.29 is 5.11 Å². The minimum Gasteiger partial charge on any atom is -0.390 e. The van der Waals surface area contributed by atoms with E-state index >= 15 is 0 Å². The van der Waals surface area contributed by atoms with E-state index < -0.39 is 5.60 Å². The maximum atomic E-state index is 10.0. The van der Waals surface area contributed by atoms with Crippen LogP contribution in [0.4, 0.5) is 11.8 Å². The zero-order valence-electron chi connectivity index (χ0n) is 10.3. The van der Waals surface area contributed by atoms with Gasteiger partial charge in [0.25, 0.3) is 0 Å². The molecule has 1 fully saturated rings. The van der Waals surface area contributed by atoms with Crippen LogP contribution in [-0.2, 0) is 0 Å². The molecule has 6 nitrogen and oxygen atoms in total. The molecule has 1 aromatic rings. The van der Waals surface area contributed by atoms with Gasteiger partial charge in [-0.2, -0.15) is 10.2 Å². The number of aliphatic hydroxyl groups is 1. The van der Waals surface area contributed by atoms with Gasteiger partial charge in [-0.25, -0.2) is 4.98 Å². The van der Waals surface area contributed by atoms with Crippen LogP contribution in [0.3, 0.4) is 0 Å². The number of nitrogens with one attached hydrogen (secondary N) is 1. The number of nitrogen functional groups attached to an aromatic ring is 1. The summed E-state index contributed by atoms with van der Waals surface area (Å²) >= 11 is 0. The summed E-state index contributed by atoms with van der Waals surface area (Å²) in [6, 6.07) is 2.13. The third kappa shape index (κ3) is 2.87. The number of nitrogens with two attached hydrogens (primary N) is 1. The van der Waals surface area contributed by atoms with Crippen LogP contribution in [0.5, 0.6) is 0 Å². The minimum absolute atomic E-state index is 0.107. The van der Waals surface area contributed by atoms with Crippen LogP contribution in [0.25, 0.3) is 0 Å². The second-order valence-corrected chi connectivity index (χ2v) is 5.04. The van der Waals surface area contributed by atoms with Crippen molar-refractivity contribution in [1.82, 2.24) is 9.97 Å². The third-order valence-corrected chi connectivity index (χ3v) is 3.22. The number of rotatable bonds is 2. The zero-order chi connectivity index (χ0) is 13.2. The smallest absolute Gasteiger partial charge is 0.222 e. The van der Waals surface area contributed by atoms with Gasteiger partial charge in [0.05, 0.1) is 11.8 Å². The Balaban J connectivity index is 2.14. The minimum atomic E-state index is -0.651. The summed E-state index contributed by atoms with van der Waals surface area (Å²) in [4.78, 5) is 7.82. The van der Waals surface area contributed by atoms with Gasteiger partial charge in [0, 0.05) is 6.04 Å². The van der Waals surface area contributed by atoms with E-state index in [9.17, 15) is 5.11 Å². The average Bonchev–Trinajstić information content (AvgIpc) is 2.28. The van der Waals surface area contributed by atoms with Crippen LogP contribution >= 0.6 is 0 Å². The fraction of sp³-hybridized carbons (Fsp3) is 0.583. The van der Waals surface area contributed by atoms with Gasteiger partial charge in [-0.05, 0) is 32.6 Å². The van der Waals surface area contributed by atoms with Gasteiger partial charge in [-0.1, -0.05) is 0 Å². The SMILES string of the molecule is C[C@]1(O)CCC[C@@H](Nc2nc(N)ncc2C#N)C1. The summed E-state index contributed by atoms with van der Waals surface area (Å²) in [6.45, 7) is 1.83. The summed E-state index contributed by atoms with van der Waals surface area (Å²) in [7, 11) is 0. The molecule has 1 saturated carbocycles. The Hall–Kier alpha value is -1.87. The second kappa shape index (κ2) is 4.78. The van der Waals surface area contributed by atoms with Crippen LogP contribution in [0.15, 0.2) is 6.20 Å². The standard InChI is InChI=1S/C12H17N5O/c1-12(18)4-2-3-9(5-12)16-10-8(6-13)7-15-11(14)17-10/h7,9,18H,2-5H2,1H3,(H3,14,15,16,17)/t9-,12+/m1/s1. The van der Waals surface area contributed by atoms with Gasteiger partial charge < -0.3 is 16.2 Å². The predicted octanol–water partition coefficient (Wildman–Crippen LogP) is 1.04. The van der Waals surface area contributed by atoms with E-state index in [-0.39, 0.29) is 12.0 Å². The second-order valence-electron chi connectivity index (χ2n) is 5.04. The van der Waals surface area contributed by atoms with Gasteiger partial charge >= 0.3 is 0 Å². The molecule has 6 heteroatoms. The molecule has 0 unspecified atom stereocenters. The van der Waals surface area contributed by atoms with E-state index in [1.807, 2.05) is 13.0 Å². The van der Waals surface area contributed by atoms with Crippen molar-refractivity contribution >= 4 is 11.8 Å². The first kappa shape index (κ1) is 12.6. The summed E-state index contributed by atoms with van der Waals surface area (Å²) in [5, 5.41) is 22.2.